The minimum Gasteiger partial charge on any atom is -0.490 e. The zero-order valence-electron chi connectivity index (χ0n) is 17.7. The van der Waals surface area contributed by atoms with Gasteiger partial charge in [-0.05, 0) is 80.0 Å². The predicted molar refractivity (Wildman–Crippen MR) is 121 cm³/mol. The molecule has 1 amide bonds. The summed E-state index contributed by atoms with van der Waals surface area (Å²) >= 11 is 0. The molecule has 0 spiro atoms. The molecule has 1 aromatic carbocycles. The second-order valence-corrected chi connectivity index (χ2v) is 9.80. The van der Waals surface area contributed by atoms with Crippen molar-refractivity contribution in [2.45, 2.75) is 57.0 Å². The van der Waals surface area contributed by atoms with Crippen LogP contribution in [0.15, 0.2) is 49.7 Å². The summed E-state index contributed by atoms with van der Waals surface area (Å²) in [5, 5.41) is 4.60. The highest BCUT2D eigenvalue weighted by atomic mass is 16.5. The number of amides is 1. The summed E-state index contributed by atoms with van der Waals surface area (Å²) in [7, 11) is 0. The summed E-state index contributed by atoms with van der Waals surface area (Å²) in [6.07, 6.45) is 13.9. The van der Waals surface area contributed by atoms with E-state index in [1.807, 2.05) is 18.2 Å². The summed E-state index contributed by atoms with van der Waals surface area (Å²) in [6, 6.07) is 6.09. The normalized spacial score (nSPS) is 29.1. The highest BCUT2D eigenvalue weighted by Gasteiger charge is 2.51. The number of hydrogen-bond donors (Lipinski definition) is 1. The maximum Gasteiger partial charge on any atom is 0.224 e. The third-order valence-electron chi connectivity index (χ3n) is 7.42. The number of benzene rings is 1. The summed E-state index contributed by atoms with van der Waals surface area (Å²) in [5.41, 5.74) is 2.22. The van der Waals surface area contributed by atoms with Crippen molar-refractivity contribution in [3.63, 3.8) is 0 Å². The van der Waals surface area contributed by atoms with Crippen LogP contribution in [0.3, 0.4) is 0 Å². The Hall–Kier alpha value is -2.49. The number of carbonyl (C=O) groups excluding carboxylic acids is 1. The molecular weight excluding hydrogens is 372 g/mol. The van der Waals surface area contributed by atoms with Gasteiger partial charge in [0.2, 0.25) is 5.91 Å². The molecule has 158 valence electrons. The van der Waals surface area contributed by atoms with Gasteiger partial charge in [0, 0.05) is 29.2 Å². The number of rotatable bonds is 8. The van der Waals surface area contributed by atoms with Crippen LogP contribution in [0.25, 0.3) is 10.9 Å². The molecule has 2 aromatic rings. The molecule has 0 saturated heterocycles. The highest BCUT2D eigenvalue weighted by molar-refractivity contribution is 5.90. The van der Waals surface area contributed by atoms with Crippen LogP contribution in [-0.2, 0) is 17.8 Å². The van der Waals surface area contributed by atoms with Crippen LogP contribution < -0.4 is 10.1 Å². The molecule has 4 aliphatic rings. The van der Waals surface area contributed by atoms with Crippen LogP contribution in [0.2, 0.25) is 0 Å². The summed E-state index contributed by atoms with van der Waals surface area (Å²) < 4.78 is 7.90. The molecule has 0 atom stereocenters. The summed E-state index contributed by atoms with van der Waals surface area (Å²) in [5.74, 6) is 3.45. The lowest BCUT2D eigenvalue weighted by molar-refractivity contribution is -0.126. The van der Waals surface area contributed by atoms with E-state index in [9.17, 15) is 4.79 Å². The Morgan fingerprint density at radius 1 is 1.13 bits per heavy atom. The van der Waals surface area contributed by atoms with Gasteiger partial charge in [0.05, 0.1) is 6.42 Å². The fourth-order valence-electron chi connectivity index (χ4n) is 6.80. The molecule has 6 rings (SSSR count). The predicted octanol–water partition coefficient (Wildman–Crippen LogP) is 5.02. The first-order valence-electron chi connectivity index (χ1n) is 11.3. The second kappa shape index (κ2) is 7.64. The van der Waals surface area contributed by atoms with Crippen molar-refractivity contribution in [2.24, 2.45) is 17.8 Å². The van der Waals surface area contributed by atoms with Crippen molar-refractivity contribution in [1.82, 2.24) is 9.88 Å². The number of ether oxygens (including phenoxy) is 1. The smallest absolute Gasteiger partial charge is 0.224 e. The van der Waals surface area contributed by atoms with Gasteiger partial charge in [-0.3, -0.25) is 4.79 Å². The quantitative estimate of drug-likeness (QED) is 0.628. The van der Waals surface area contributed by atoms with Gasteiger partial charge < -0.3 is 14.6 Å². The van der Waals surface area contributed by atoms with Gasteiger partial charge >= 0.3 is 0 Å². The van der Waals surface area contributed by atoms with E-state index < -0.39 is 0 Å². The van der Waals surface area contributed by atoms with Crippen LogP contribution in [-0.4, -0.2) is 22.6 Å². The molecule has 4 nitrogen and oxygen atoms in total. The first-order valence-corrected chi connectivity index (χ1v) is 11.3. The monoisotopic (exact) mass is 404 g/mol. The van der Waals surface area contributed by atoms with Crippen molar-refractivity contribution in [1.29, 1.82) is 0 Å². The van der Waals surface area contributed by atoms with Gasteiger partial charge in [-0.15, -0.1) is 6.58 Å². The lowest BCUT2D eigenvalue weighted by atomic mass is 9.53. The third kappa shape index (κ3) is 3.57. The van der Waals surface area contributed by atoms with E-state index in [1.165, 1.54) is 38.5 Å². The zero-order chi connectivity index (χ0) is 20.7. The third-order valence-corrected chi connectivity index (χ3v) is 7.42. The molecule has 0 unspecified atom stereocenters. The van der Waals surface area contributed by atoms with Crippen LogP contribution in [0.5, 0.6) is 5.75 Å². The van der Waals surface area contributed by atoms with E-state index in [4.69, 9.17) is 4.74 Å². The number of carbonyl (C=O) groups is 1. The SMILES string of the molecule is C=CCOc1ccc2c(c1)c(CC(=O)NC13CC4CC(CC(C4)C1)C3)cn2CC=C. The fraction of sp³-hybridized carbons (Fsp3) is 0.500. The van der Waals surface area contributed by atoms with E-state index in [0.29, 0.717) is 13.0 Å². The Labute approximate surface area is 179 Å². The van der Waals surface area contributed by atoms with E-state index in [0.717, 1.165) is 46.5 Å². The van der Waals surface area contributed by atoms with Gasteiger partial charge in [0.1, 0.15) is 12.4 Å². The number of aromatic nitrogens is 1. The summed E-state index contributed by atoms with van der Waals surface area (Å²) in [6.45, 7) is 8.79. The Bertz CT molecular complexity index is 951. The van der Waals surface area contributed by atoms with Crippen molar-refractivity contribution in [3.05, 3.63) is 55.3 Å². The molecule has 1 heterocycles. The molecule has 1 N–H and O–H groups in total. The lowest BCUT2D eigenvalue weighted by Gasteiger charge is -2.56. The number of nitrogens with zero attached hydrogens (tertiary/aromatic N) is 1. The summed E-state index contributed by atoms with van der Waals surface area (Å²) in [4.78, 5) is 13.2. The van der Waals surface area contributed by atoms with E-state index in [1.54, 1.807) is 6.08 Å². The first-order chi connectivity index (χ1) is 14.6. The van der Waals surface area contributed by atoms with Gasteiger partial charge in [0.15, 0.2) is 0 Å². The lowest BCUT2D eigenvalue weighted by Crippen LogP contribution is -2.60. The van der Waals surface area contributed by atoms with E-state index in [2.05, 4.69) is 35.3 Å². The van der Waals surface area contributed by atoms with Crippen molar-refractivity contribution < 1.29 is 9.53 Å². The second-order valence-electron chi connectivity index (χ2n) is 9.80. The van der Waals surface area contributed by atoms with E-state index in [-0.39, 0.29) is 11.4 Å². The van der Waals surface area contributed by atoms with Gasteiger partial charge in [0.25, 0.3) is 0 Å². The molecule has 1 aromatic heterocycles. The fourth-order valence-corrected chi connectivity index (χ4v) is 6.80. The zero-order valence-corrected chi connectivity index (χ0v) is 17.7. The molecule has 0 radical (unpaired) electrons. The van der Waals surface area contributed by atoms with Crippen LogP contribution in [0.1, 0.15) is 44.1 Å². The standard InChI is InChI=1S/C26H32N2O2/c1-3-7-28-17-21(23-13-22(30-8-4-2)5-6-24(23)28)12-25(29)27-26-14-18-9-19(15-26)11-20(10-18)16-26/h3-6,13,17-20H,1-2,7-12,14-16H2,(H,27,29). The largest absolute Gasteiger partial charge is 0.490 e. The van der Waals surface area contributed by atoms with Crippen LogP contribution in [0.4, 0.5) is 0 Å². The van der Waals surface area contributed by atoms with Crippen LogP contribution in [0, 0.1) is 17.8 Å². The topological polar surface area (TPSA) is 43.3 Å². The Kier molecular flexibility index (Phi) is 4.96. The molecule has 4 aliphatic carbocycles. The van der Waals surface area contributed by atoms with Crippen LogP contribution >= 0.6 is 0 Å². The van der Waals surface area contributed by atoms with Gasteiger partial charge in [-0.2, -0.15) is 0 Å². The number of fused-ring (bicyclic) bond motifs is 1. The van der Waals surface area contributed by atoms with Crippen molar-refractivity contribution in [2.75, 3.05) is 6.61 Å². The maximum absolute atomic E-state index is 13.2. The Balaban J connectivity index is 1.38. The average molecular weight is 405 g/mol. The van der Waals surface area contributed by atoms with Gasteiger partial charge in [-0.25, -0.2) is 0 Å². The van der Waals surface area contributed by atoms with Crippen molar-refractivity contribution >= 4 is 16.8 Å². The molecular formula is C26H32N2O2. The number of nitrogens with one attached hydrogen (secondary N) is 1. The minimum atomic E-state index is 0.0591. The molecule has 4 bridgehead atoms. The number of hydrogen-bond acceptors (Lipinski definition) is 2. The minimum absolute atomic E-state index is 0.0591. The molecule has 4 fully saturated rings. The molecule has 30 heavy (non-hydrogen) atoms. The van der Waals surface area contributed by atoms with Crippen molar-refractivity contribution in [3.8, 4) is 5.75 Å². The number of allylic oxidation sites excluding steroid dienone is 1. The average Bonchev–Trinajstić information content (AvgIpc) is 3.01. The van der Waals surface area contributed by atoms with E-state index >= 15 is 0 Å². The Morgan fingerprint density at radius 2 is 1.83 bits per heavy atom. The Morgan fingerprint density at radius 3 is 2.47 bits per heavy atom. The molecule has 4 heteroatoms. The highest BCUT2D eigenvalue weighted by Crippen LogP contribution is 2.55. The molecule has 4 saturated carbocycles. The maximum atomic E-state index is 13.2. The molecule has 0 aliphatic heterocycles. The van der Waals surface area contributed by atoms with Gasteiger partial charge in [-0.1, -0.05) is 18.7 Å². The first kappa shape index (κ1) is 19.5.